The number of aryl methyl sites for hydroxylation is 2. The average molecular weight is 338 g/mol. The summed E-state index contributed by atoms with van der Waals surface area (Å²) in [6.07, 6.45) is 2.54. The Labute approximate surface area is 150 Å². The van der Waals surface area contributed by atoms with Crippen molar-refractivity contribution in [3.63, 3.8) is 0 Å². The first-order valence-electron chi connectivity index (χ1n) is 9.26. The van der Waals surface area contributed by atoms with Crippen LogP contribution in [0.1, 0.15) is 52.4 Å². The van der Waals surface area contributed by atoms with Gasteiger partial charge in [-0.1, -0.05) is 59.7 Å². The van der Waals surface area contributed by atoms with Crippen LogP contribution in [0.5, 0.6) is 0 Å². The summed E-state index contributed by atoms with van der Waals surface area (Å²) >= 11 is 0. The fraction of sp³-hybridized carbons (Fsp3) is 0.409. The number of carbonyl (C=O) groups excluding carboxylic acids is 1. The van der Waals surface area contributed by atoms with Gasteiger partial charge in [0.15, 0.2) is 11.9 Å². The summed E-state index contributed by atoms with van der Waals surface area (Å²) in [5.41, 5.74) is 3.94. The molecule has 2 atom stereocenters. The zero-order valence-corrected chi connectivity index (χ0v) is 15.2. The van der Waals surface area contributed by atoms with Crippen molar-refractivity contribution in [3.05, 3.63) is 70.8 Å². The van der Waals surface area contributed by atoms with Crippen molar-refractivity contribution in [1.82, 2.24) is 0 Å². The van der Waals surface area contributed by atoms with Crippen LogP contribution in [0.15, 0.2) is 48.5 Å². The van der Waals surface area contributed by atoms with Gasteiger partial charge in [0.2, 0.25) is 0 Å². The molecule has 0 aliphatic carbocycles. The lowest BCUT2D eigenvalue weighted by molar-refractivity contribution is -0.938. The Morgan fingerprint density at radius 1 is 0.880 bits per heavy atom. The predicted octanol–water partition coefficient (Wildman–Crippen LogP) is 2.66. The summed E-state index contributed by atoms with van der Waals surface area (Å²) in [4.78, 5) is 14.2. The number of nitrogens with one attached hydrogen (secondary N) is 1. The molecule has 2 aromatic carbocycles. The normalized spacial score (nSPS) is 17.9. The SMILES string of the molecule is Cc1ccc(C(=O)[C@@H](O)[C@@H](c2ccc(C)cc2)[NH+]2CCCCC2)cc1. The highest BCUT2D eigenvalue weighted by Gasteiger charge is 2.37. The maximum atomic E-state index is 12.9. The van der Waals surface area contributed by atoms with Crippen LogP contribution in [0.4, 0.5) is 0 Å². The van der Waals surface area contributed by atoms with E-state index in [0.717, 1.165) is 37.1 Å². The maximum absolute atomic E-state index is 12.9. The van der Waals surface area contributed by atoms with Crippen molar-refractivity contribution >= 4 is 5.78 Å². The van der Waals surface area contributed by atoms with Gasteiger partial charge in [0.1, 0.15) is 6.04 Å². The van der Waals surface area contributed by atoms with E-state index in [1.54, 1.807) is 0 Å². The molecule has 0 amide bonds. The first-order chi connectivity index (χ1) is 12.1. The smallest absolute Gasteiger partial charge is 0.197 e. The molecule has 0 aromatic heterocycles. The fourth-order valence-electron chi connectivity index (χ4n) is 3.77. The van der Waals surface area contributed by atoms with Gasteiger partial charge in [-0.05, 0) is 33.1 Å². The van der Waals surface area contributed by atoms with E-state index in [-0.39, 0.29) is 11.8 Å². The number of quaternary nitrogens is 1. The summed E-state index contributed by atoms with van der Waals surface area (Å²) in [5, 5.41) is 11.0. The van der Waals surface area contributed by atoms with E-state index in [1.165, 1.54) is 16.9 Å². The number of Topliss-reactive ketones (excluding diaryl/α,β-unsaturated/α-hetero) is 1. The second kappa shape index (κ2) is 7.94. The first kappa shape index (κ1) is 17.8. The van der Waals surface area contributed by atoms with E-state index in [1.807, 2.05) is 31.2 Å². The van der Waals surface area contributed by atoms with Gasteiger partial charge in [-0.25, -0.2) is 0 Å². The van der Waals surface area contributed by atoms with Gasteiger partial charge in [-0.2, -0.15) is 0 Å². The standard InChI is InChI=1S/C22H27NO2/c1-16-6-10-18(11-7-16)20(23-14-4-3-5-15-23)22(25)21(24)19-12-8-17(2)9-13-19/h6-13,20,22,25H,3-5,14-15H2,1-2H3/p+1/t20-,22+/m1/s1. The van der Waals surface area contributed by atoms with Crippen LogP contribution >= 0.6 is 0 Å². The van der Waals surface area contributed by atoms with Gasteiger partial charge < -0.3 is 10.0 Å². The molecule has 1 aliphatic heterocycles. The Morgan fingerprint density at radius 2 is 1.40 bits per heavy atom. The first-order valence-corrected chi connectivity index (χ1v) is 9.26. The van der Waals surface area contributed by atoms with Crippen LogP contribution in [0.25, 0.3) is 0 Å². The summed E-state index contributed by atoms with van der Waals surface area (Å²) in [5.74, 6) is -0.177. The maximum Gasteiger partial charge on any atom is 0.197 e. The van der Waals surface area contributed by atoms with E-state index in [4.69, 9.17) is 0 Å². The quantitative estimate of drug-likeness (QED) is 0.823. The van der Waals surface area contributed by atoms with Crippen molar-refractivity contribution in [2.24, 2.45) is 0 Å². The summed E-state index contributed by atoms with van der Waals surface area (Å²) in [7, 11) is 0. The third-order valence-electron chi connectivity index (χ3n) is 5.29. The number of rotatable bonds is 5. The molecule has 0 saturated carbocycles. The van der Waals surface area contributed by atoms with E-state index in [0.29, 0.717) is 5.56 Å². The number of piperidine rings is 1. The monoisotopic (exact) mass is 338 g/mol. The van der Waals surface area contributed by atoms with Gasteiger partial charge in [-0.15, -0.1) is 0 Å². The summed E-state index contributed by atoms with van der Waals surface area (Å²) < 4.78 is 0. The topological polar surface area (TPSA) is 41.7 Å². The highest BCUT2D eigenvalue weighted by molar-refractivity contribution is 5.99. The second-order valence-electron chi connectivity index (χ2n) is 7.28. The van der Waals surface area contributed by atoms with Crippen molar-refractivity contribution in [1.29, 1.82) is 0 Å². The van der Waals surface area contributed by atoms with Gasteiger partial charge >= 0.3 is 0 Å². The molecule has 2 aromatic rings. The molecule has 0 unspecified atom stereocenters. The highest BCUT2D eigenvalue weighted by Crippen LogP contribution is 2.20. The lowest BCUT2D eigenvalue weighted by Crippen LogP contribution is -3.14. The van der Waals surface area contributed by atoms with Crippen LogP contribution < -0.4 is 4.90 Å². The van der Waals surface area contributed by atoms with Gasteiger partial charge in [0.25, 0.3) is 0 Å². The van der Waals surface area contributed by atoms with Gasteiger partial charge in [0.05, 0.1) is 13.1 Å². The Kier molecular flexibility index (Phi) is 5.67. The number of benzene rings is 2. The average Bonchev–Trinajstić information content (AvgIpc) is 2.64. The van der Waals surface area contributed by atoms with E-state index in [2.05, 4.69) is 31.2 Å². The molecule has 132 valence electrons. The van der Waals surface area contributed by atoms with Crippen molar-refractivity contribution in [3.8, 4) is 0 Å². The lowest BCUT2D eigenvalue weighted by Gasteiger charge is -2.34. The van der Waals surface area contributed by atoms with Crippen LogP contribution in [0, 0.1) is 13.8 Å². The minimum absolute atomic E-state index is 0.177. The molecular weight excluding hydrogens is 310 g/mol. The molecule has 3 rings (SSSR count). The lowest BCUT2D eigenvalue weighted by atomic mass is 9.91. The van der Waals surface area contributed by atoms with Crippen molar-refractivity contribution < 1.29 is 14.8 Å². The summed E-state index contributed by atoms with van der Waals surface area (Å²) in [6.45, 7) is 6.08. The molecule has 1 saturated heterocycles. The zero-order chi connectivity index (χ0) is 17.8. The minimum atomic E-state index is -1.02. The Morgan fingerprint density at radius 3 is 1.96 bits per heavy atom. The fourth-order valence-corrected chi connectivity index (χ4v) is 3.77. The molecule has 1 fully saturated rings. The number of hydrogen-bond donors (Lipinski definition) is 2. The Hall–Kier alpha value is -1.97. The molecule has 1 heterocycles. The zero-order valence-electron chi connectivity index (χ0n) is 15.2. The molecule has 2 N–H and O–H groups in total. The van der Waals surface area contributed by atoms with Crippen LogP contribution in [0.2, 0.25) is 0 Å². The highest BCUT2D eigenvalue weighted by atomic mass is 16.3. The molecular formula is C22H28NO2+. The van der Waals surface area contributed by atoms with Crippen LogP contribution in [0.3, 0.4) is 0 Å². The minimum Gasteiger partial charge on any atom is -0.379 e. The van der Waals surface area contributed by atoms with Crippen LogP contribution in [-0.4, -0.2) is 30.1 Å². The second-order valence-corrected chi connectivity index (χ2v) is 7.28. The van der Waals surface area contributed by atoms with Crippen molar-refractivity contribution in [2.45, 2.75) is 45.3 Å². The number of likely N-dealkylation sites (tertiary alicyclic amines) is 1. The number of aliphatic hydroxyl groups excluding tert-OH is 1. The molecule has 25 heavy (non-hydrogen) atoms. The number of carbonyl (C=O) groups is 1. The number of ketones is 1. The molecule has 0 radical (unpaired) electrons. The van der Waals surface area contributed by atoms with Crippen LogP contribution in [-0.2, 0) is 0 Å². The molecule has 3 heteroatoms. The molecule has 0 bridgehead atoms. The third-order valence-corrected chi connectivity index (χ3v) is 5.29. The Balaban J connectivity index is 1.90. The predicted molar refractivity (Wildman–Crippen MR) is 100.0 cm³/mol. The van der Waals surface area contributed by atoms with E-state index in [9.17, 15) is 9.90 Å². The molecule has 1 aliphatic rings. The molecule has 0 spiro atoms. The summed E-state index contributed by atoms with van der Waals surface area (Å²) in [6, 6.07) is 15.5. The largest absolute Gasteiger partial charge is 0.379 e. The van der Waals surface area contributed by atoms with E-state index >= 15 is 0 Å². The number of aliphatic hydroxyl groups is 1. The number of hydrogen-bond acceptors (Lipinski definition) is 2. The third kappa shape index (κ3) is 4.17. The van der Waals surface area contributed by atoms with E-state index < -0.39 is 6.10 Å². The Bertz CT molecular complexity index is 700. The van der Waals surface area contributed by atoms with Crippen molar-refractivity contribution in [2.75, 3.05) is 13.1 Å². The van der Waals surface area contributed by atoms with Gasteiger partial charge in [-0.3, -0.25) is 4.79 Å². The molecule has 3 nitrogen and oxygen atoms in total. The van der Waals surface area contributed by atoms with Gasteiger partial charge in [0, 0.05) is 11.1 Å².